The quantitative estimate of drug-likeness (QED) is 0.733. The zero-order valence-corrected chi connectivity index (χ0v) is 11.8. The Morgan fingerprint density at radius 2 is 2.17 bits per heavy atom. The number of likely N-dealkylation sites (tertiary alicyclic amines) is 1. The molecule has 4 nitrogen and oxygen atoms in total. The van der Waals surface area contributed by atoms with Gasteiger partial charge < -0.3 is 10.6 Å². The molecule has 4 heteroatoms. The number of nitrogens with zero attached hydrogens (tertiary/aromatic N) is 2. The molecule has 0 radical (unpaired) electrons. The van der Waals surface area contributed by atoms with Crippen LogP contribution in [-0.2, 0) is 4.79 Å². The summed E-state index contributed by atoms with van der Waals surface area (Å²) in [7, 11) is 0. The monoisotopic (exact) mass is 251 g/mol. The lowest BCUT2D eigenvalue weighted by molar-refractivity contribution is -0.126. The van der Waals surface area contributed by atoms with E-state index in [0.717, 1.165) is 45.3 Å². The van der Waals surface area contributed by atoms with Gasteiger partial charge in [0, 0.05) is 6.54 Å². The number of nitriles is 1. The lowest BCUT2D eigenvalue weighted by atomic mass is 9.89. The Morgan fingerprint density at radius 1 is 1.50 bits per heavy atom. The van der Waals surface area contributed by atoms with Crippen molar-refractivity contribution in [2.24, 2.45) is 16.6 Å². The summed E-state index contributed by atoms with van der Waals surface area (Å²) in [4.78, 5) is 13.6. The second kappa shape index (κ2) is 5.71. The Bertz CT molecular complexity index is 345. The third kappa shape index (κ3) is 3.99. The summed E-state index contributed by atoms with van der Waals surface area (Å²) in [6, 6.07) is 2.32. The van der Waals surface area contributed by atoms with Gasteiger partial charge in [0.15, 0.2) is 0 Å². The predicted molar refractivity (Wildman–Crippen MR) is 71.6 cm³/mol. The molecule has 1 amide bonds. The maximum Gasteiger partial charge on any atom is 0.224 e. The van der Waals surface area contributed by atoms with E-state index in [0.29, 0.717) is 0 Å². The number of nitrogens with two attached hydrogens (primary N) is 1. The fourth-order valence-corrected chi connectivity index (χ4v) is 2.41. The molecule has 1 rings (SSSR count). The number of primary amides is 1. The molecule has 0 saturated carbocycles. The molecule has 0 aromatic carbocycles. The van der Waals surface area contributed by atoms with E-state index >= 15 is 0 Å². The van der Waals surface area contributed by atoms with Gasteiger partial charge in [-0.25, -0.2) is 0 Å². The highest BCUT2D eigenvalue weighted by Gasteiger charge is 2.38. The molecule has 1 aliphatic heterocycles. The van der Waals surface area contributed by atoms with Crippen LogP contribution in [0.3, 0.4) is 0 Å². The Labute approximate surface area is 110 Å². The summed E-state index contributed by atoms with van der Waals surface area (Å²) in [5.41, 5.74) is 4.87. The minimum Gasteiger partial charge on any atom is -0.369 e. The SMILES string of the molecule is CC(C)(C#N)CCCCN1CCC(C)(C(N)=O)C1. The van der Waals surface area contributed by atoms with Crippen LogP contribution in [0.5, 0.6) is 0 Å². The van der Waals surface area contributed by atoms with E-state index in [1.807, 2.05) is 20.8 Å². The fraction of sp³-hybridized carbons (Fsp3) is 0.857. The van der Waals surface area contributed by atoms with Crippen LogP contribution in [-0.4, -0.2) is 30.4 Å². The van der Waals surface area contributed by atoms with Gasteiger partial charge >= 0.3 is 0 Å². The summed E-state index contributed by atoms with van der Waals surface area (Å²) in [6.45, 7) is 8.66. The molecule has 0 aromatic heterocycles. The van der Waals surface area contributed by atoms with Crippen molar-refractivity contribution in [3.63, 3.8) is 0 Å². The maximum atomic E-state index is 11.3. The van der Waals surface area contributed by atoms with Crippen LogP contribution in [0.15, 0.2) is 0 Å². The molecule has 1 saturated heterocycles. The molecule has 1 atom stereocenters. The molecule has 2 N–H and O–H groups in total. The number of amides is 1. The van der Waals surface area contributed by atoms with Gasteiger partial charge in [0.05, 0.1) is 16.9 Å². The largest absolute Gasteiger partial charge is 0.369 e. The highest BCUT2D eigenvalue weighted by atomic mass is 16.1. The number of hydrogen-bond donors (Lipinski definition) is 1. The number of rotatable bonds is 6. The Morgan fingerprint density at radius 3 is 2.67 bits per heavy atom. The van der Waals surface area contributed by atoms with E-state index in [1.165, 1.54) is 0 Å². The van der Waals surface area contributed by atoms with Crippen LogP contribution >= 0.6 is 0 Å². The highest BCUT2D eigenvalue weighted by Crippen LogP contribution is 2.29. The smallest absolute Gasteiger partial charge is 0.224 e. The third-order valence-electron chi connectivity index (χ3n) is 3.98. The van der Waals surface area contributed by atoms with E-state index in [4.69, 9.17) is 11.0 Å². The zero-order valence-electron chi connectivity index (χ0n) is 11.8. The van der Waals surface area contributed by atoms with Crippen molar-refractivity contribution in [3.8, 4) is 6.07 Å². The fourth-order valence-electron chi connectivity index (χ4n) is 2.41. The summed E-state index contributed by atoms with van der Waals surface area (Å²) < 4.78 is 0. The van der Waals surface area contributed by atoms with Gasteiger partial charge in [0.25, 0.3) is 0 Å². The second-order valence-electron chi connectivity index (χ2n) is 6.40. The third-order valence-corrected chi connectivity index (χ3v) is 3.98. The van der Waals surface area contributed by atoms with Gasteiger partial charge in [-0.1, -0.05) is 6.42 Å². The van der Waals surface area contributed by atoms with Gasteiger partial charge in [-0.15, -0.1) is 0 Å². The molecule has 0 aliphatic carbocycles. The number of carbonyl (C=O) groups excluding carboxylic acids is 1. The van der Waals surface area contributed by atoms with Crippen molar-refractivity contribution in [1.29, 1.82) is 5.26 Å². The van der Waals surface area contributed by atoms with Crippen LogP contribution in [0.1, 0.15) is 46.5 Å². The molecule has 1 aliphatic rings. The van der Waals surface area contributed by atoms with Crippen molar-refractivity contribution in [2.45, 2.75) is 46.5 Å². The van der Waals surface area contributed by atoms with E-state index in [9.17, 15) is 4.79 Å². The normalized spacial score (nSPS) is 25.0. The Balaban J connectivity index is 2.23. The topological polar surface area (TPSA) is 70.1 Å². The standard InChI is InChI=1S/C14H25N3O/c1-13(2,10-15)6-4-5-8-17-9-7-14(3,11-17)12(16)18/h4-9,11H2,1-3H3,(H2,16,18). The van der Waals surface area contributed by atoms with E-state index in [1.54, 1.807) is 0 Å². The molecule has 1 unspecified atom stereocenters. The highest BCUT2D eigenvalue weighted by molar-refractivity contribution is 5.81. The van der Waals surface area contributed by atoms with Crippen LogP contribution in [0.25, 0.3) is 0 Å². The first-order chi connectivity index (χ1) is 8.29. The lowest BCUT2D eigenvalue weighted by Crippen LogP contribution is -2.37. The zero-order chi connectivity index (χ0) is 13.8. The minimum absolute atomic E-state index is 0.185. The van der Waals surface area contributed by atoms with Gasteiger partial charge in [-0.3, -0.25) is 4.79 Å². The van der Waals surface area contributed by atoms with Crippen LogP contribution in [0, 0.1) is 22.2 Å². The van der Waals surface area contributed by atoms with Crippen molar-refractivity contribution >= 4 is 5.91 Å². The number of carbonyl (C=O) groups is 1. The van der Waals surface area contributed by atoms with E-state index in [-0.39, 0.29) is 16.7 Å². The first kappa shape index (κ1) is 15.0. The average Bonchev–Trinajstić information content (AvgIpc) is 2.68. The summed E-state index contributed by atoms with van der Waals surface area (Å²) in [5, 5.41) is 8.92. The first-order valence-electron chi connectivity index (χ1n) is 6.73. The molecule has 102 valence electrons. The van der Waals surface area contributed by atoms with Crippen molar-refractivity contribution in [1.82, 2.24) is 4.90 Å². The van der Waals surface area contributed by atoms with Crippen LogP contribution < -0.4 is 5.73 Å². The maximum absolute atomic E-state index is 11.3. The minimum atomic E-state index is -0.341. The van der Waals surface area contributed by atoms with E-state index < -0.39 is 0 Å². The lowest BCUT2D eigenvalue weighted by Gasteiger charge is -2.21. The molecule has 0 spiro atoms. The Kier molecular flexibility index (Phi) is 4.75. The first-order valence-corrected chi connectivity index (χ1v) is 6.73. The van der Waals surface area contributed by atoms with Crippen LogP contribution in [0.4, 0.5) is 0 Å². The molecular weight excluding hydrogens is 226 g/mol. The molecule has 1 heterocycles. The van der Waals surface area contributed by atoms with Crippen LogP contribution in [0.2, 0.25) is 0 Å². The molecule has 0 bridgehead atoms. The second-order valence-corrected chi connectivity index (χ2v) is 6.40. The van der Waals surface area contributed by atoms with Crippen molar-refractivity contribution < 1.29 is 4.79 Å². The Hall–Kier alpha value is -1.08. The predicted octanol–water partition coefficient (Wildman–Crippen LogP) is 1.90. The van der Waals surface area contributed by atoms with E-state index in [2.05, 4.69) is 11.0 Å². The number of hydrogen-bond acceptors (Lipinski definition) is 3. The summed E-state index contributed by atoms with van der Waals surface area (Å²) in [5.74, 6) is -0.185. The molecular formula is C14H25N3O. The number of unbranched alkanes of at least 4 members (excludes halogenated alkanes) is 1. The van der Waals surface area contributed by atoms with Gasteiger partial charge in [-0.2, -0.15) is 5.26 Å². The molecule has 18 heavy (non-hydrogen) atoms. The van der Waals surface area contributed by atoms with Gasteiger partial charge in [0.2, 0.25) is 5.91 Å². The van der Waals surface area contributed by atoms with Crippen molar-refractivity contribution in [3.05, 3.63) is 0 Å². The summed E-state index contributed by atoms with van der Waals surface area (Å²) in [6.07, 6.45) is 3.95. The van der Waals surface area contributed by atoms with Gasteiger partial charge in [-0.05, 0) is 53.1 Å². The van der Waals surface area contributed by atoms with Gasteiger partial charge in [0.1, 0.15) is 0 Å². The molecule has 0 aromatic rings. The van der Waals surface area contributed by atoms with Crippen molar-refractivity contribution in [2.75, 3.05) is 19.6 Å². The average molecular weight is 251 g/mol. The summed E-state index contributed by atoms with van der Waals surface area (Å²) >= 11 is 0. The molecule has 1 fully saturated rings.